The van der Waals surface area contributed by atoms with Crippen LogP contribution in [0.5, 0.6) is 0 Å². The second-order valence-electron chi connectivity index (χ2n) is 4.42. The highest BCUT2D eigenvalue weighted by molar-refractivity contribution is 5.94. The number of amides is 2. The third kappa shape index (κ3) is 5.42. The van der Waals surface area contributed by atoms with Crippen molar-refractivity contribution < 1.29 is 14.0 Å². The number of likely N-dealkylation sites (N-methyl/N-ethyl adjacent to an activating group) is 1. The van der Waals surface area contributed by atoms with Gasteiger partial charge in [0.1, 0.15) is 5.76 Å². The number of carbonyl (C=O) groups excluding carboxylic acids is 2. The van der Waals surface area contributed by atoms with Crippen molar-refractivity contribution in [2.45, 2.75) is 26.8 Å². The molecule has 1 aromatic heterocycles. The van der Waals surface area contributed by atoms with Crippen LogP contribution in [0.2, 0.25) is 0 Å². The van der Waals surface area contributed by atoms with Gasteiger partial charge in [-0.1, -0.05) is 0 Å². The molecule has 0 radical (unpaired) electrons. The van der Waals surface area contributed by atoms with E-state index in [-0.39, 0.29) is 24.4 Å². The van der Waals surface area contributed by atoms with Gasteiger partial charge in [0.2, 0.25) is 11.8 Å². The normalized spacial score (nSPS) is 10.9. The van der Waals surface area contributed by atoms with Gasteiger partial charge in [0, 0.05) is 18.7 Å². The molecule has 0 fully saturated rings. The van der Waals surface area contributed by atoms with E-state index in [2.05, 4.69) is 5.32 Å². The van der Waals surface area contributed by atoms with E-state index in [1.807, 2.05) is 20.8 Å². The van der Waals surface area contributed by atoms with E-state index in [1.165, 1.54) is 17.2 Å². The van der Waals surface area contributed by atoms with E-state index in [0.717, 1.165) is 0 Å². The molecule has 0 saturated heterocycles. The van der Waals surface area contributed by atoms with Crippen LogP contribution in [0.4, 0.5) is 0 Å². The maximum absolute atomic E-state index is 11.9. The molecule has 0 unspecified atom stereocenters. The summed E-state index contributed by atoms with van der Waals surface area (Å²) in [6.07, 6.45) is 4.54. The monoisotopic (exact) mass is 264 g/mol. The van der Waals surface area contributed by atoms with Crippen LogP contribution in [0.1, 0.15) is 26.5 Å². The molecular formula is C14H20N2O3. The summed E-state index contributed by atoms with van der Waals surface area (Å²) in [5.41, 5.74) is 0. The summed E-state index contributed by atoms with van der Waals surface area (Å²) < 4.78 is 5.09. The molecule has 2 amide bonds. The number of nitrogens with one attached hydrogen (secondary N) is 1. The lowest BCUT2D eigenvalue weighted by molar-refractivity contribution is -0.132. The third-order valence-electron chi connectivity index (χ3n) is 2.41. The summed E-state index contributed by atoms with van der Waals surface area (Å²) in [6.45, 7) is 6.14. The number of furan rings is 1. The quantitative estimate of drug-likeness (QED) is 0.795. The topological polar surface area (TPSA) is 62.6 Å². The van der Waals surface area contributed by atoms with Gasteiger partial charge < -0.3 is 14.6 Å². The van der Waals surface area contributed by atoms with Crippen molar-refractivity contribution in [1.82, 2.24) is 10.2 Å². The molecule has 1 heterocycles. The molecule has 0 spiro atoms. The summed E-state index contributed by atoms with van der Waals surface area (Å²) in [5, 5.41) is 2.76. The molecule has 19 heavy (non-hydrogen) atoms. The third-order valence-corrected chi connectivity index (χ3v) is 2.41. The Morgan fingerprint density at radius 1 is 1.47 bits per heavy atom. The standard InChI is InChI=1S/C14H20N2O3/c1-4-16(10-13(17)15-11(2)3)14(18)8-7-12-6-5-9-19-12/h5-9,11H,4,10H2,1-3H3,(H,15,17)/b8-7+. The molecule has 0 aliphatic carbocycles. The smallest absolute Gasteiger partial charge is 0.247 e. The molecule has 0 saturated carbocycles. The van der Waals surface area contributed by atoms with Gasteiger partial charge in [-0.25, -0.2) is 0 Å². The van der Waals surface area contributed by atoms with Gasteiger partial charge in [-0.3, -0.25) is 9.59 Å². The number of rotatable bonds is 6. The Kier molecular flexibility index (Phi) is 5.85. The lowest BCUT2D eigenvalue weighted by Crippen LogP contribution is -2.42. The average Bonchev–Trinajstić information content (AvgIpc) is 2.85. The number of nitrogens with zero attached hydrogens (tertiary/aromatic N) is 1. The summed E-state index contributed by atoms with van der Waals surface area (Å²) in [6, 6.07) is 3.57. The maximum Gasteiger partial charge on any atom is 0.247 e. The van der Waals surface area contributed by atoms with E-state index in [4.69, 9.17) is 4.42 Å². The predicted octanol–water partition coefficient (Wildman–Crippen LogP) is 1.67. The highest BCUT2D eigenvalue weighted by atomic mass is 16.3. The molecule has 0 aliphatic rings. The zero-order chi connectivity index (χ0) is 14.3. The van der Waals surface area contributed by atoms with Crippen LogP contribution in [-0.4, -0.2) is 35.8 Å². The second-order valence-corrected chi connectivity index (χ2v) is 4.42. The van der Waals surface area contributed by atoms with Gasteiger partial charge in [-0.2, -0.15) is 0 Å². The fourth-order valence-corrected chi connectivity index (χ4v) is 1.53. The molecule has 104 valence electrons. The number of carbonyl (C=O) groups is 2. The first-order valence-corrected chi connectivity index (χ1v) is 6.32. The predicted molar refractivity (Wildman–Crippen MR) is 73.3 cm³/mol. The van der Waals surface area contributed by atoms with Crippen molar-refractivity contribution in [3.05, 3.63) is 30.2 Å². The largest absolute Gasteiger partial charge is 0.465 e. The van der Waals surface area contributed by atoms with Crippen LogP contribution < -0.4 is 5.32 Å². The molecule has 0 atom stereocenters. The minimum absolute atomic E-state index is 0.0655. The summed E-state index contributed by atoms with van der Waals surface area (Å²) >= 11 is 0. The molecule has 0 aromatic carbocycles. The van der Waals surface area contributed by atoms with E-state index in [9.17, 15) is 9.59 Å². The molecule has 5 nitrogen and oxygen atoms in total. The van der Waals surface area contributed by atoms with Crippen LogP contribution in [0.3, 0.4) is 0 Å². The fraction of sp³-hybridized carbons (Fsp3) is 0.429. The van der Waals surface area contributed by atoms with Gasteiger partial charge in [0.15, 0.2) is 0 Å². The molecule has 1 aromatic rings. The highest BCUT2D eigenvalue weighted by Gasteiger charge is 2.13. The second kappa shape index (κ2) is 7.41. The lowest BCUT2D eigenvalue weighted by Gasteiger charge is -2.19. The maximum atomic E-state index is 11.9. The molecule has 1 rings (SSSR count). The van der Waals surface area contributed by atoms with Gasteiger partial charge in [-0.05, 0) is 39.0 Å². The zero-order valence-electron chi connectivity index (χ0n) is 11.6. The number of hydrogen-bond donors (Lipinski definition) is 1. The van der Waals surface area contributed by atoms with Crippen molar-refractivity contribution in [1.29, 1.82) is 0 Å². The molecule has 5 heteroatoms. The Balaban J connectivity index is 2.54. The Bertz CT molecular complexity index is 436. The Hall–Kier alpha value is -2.04. The van der Waals surface area contributed by atoms with Gasteiger partial charge in [-0.15, -0.1) is 0 Å². The Morgan fingerprint density at radius 3 is 2.74 bits per heavy atom. The minimum Gasteiger partial charge on any atom is -0.465 e. The molecule has 0 aliphatic heterocycles. The van der Waals surface area contributed by atoms with E-state index >= 15 is 0 Å². The minimum atomic E-state index is -0.210. The average molecular weight is 264 g/mol. The molecular weight excluding hydrogens is 244 g/mol. The fourth-order valence-electron chi connectivity index (χ4n) is 1.53. The zero-order valence-corrected chi connectivity index (χ0v) is 11.6. The van der Waals surface area contributed by atoms with Gasteiger partial charge in [0.05, 0.1) is 12.8 Å². The Labute approximate surface area is 113 Å². The van der Waals surface area contributed by atoms with Crippen LogP contribution in [0.25, 0.3) is 6.08 Å². The van der Waals surface area contributed by atoms with Crippen molar-refractivity contribution in [2.75, 3.05) is 13.1 Å². The Morgan fingerprint density at radius 2 is 2.21 bits per heavy atom. The van der Waals surface area contributed by atoms with Crippen LogP contribution in [-0.2, 0) is 9.59 Å². The summed E-state index contributed by atoms with van der Waals surface area (Å²) in [7, 11) is 0. The van der Waals surface area contributed by atoms with Crippen molar-refractivity contribution in [2.24, 2.45) is 0 Å². The number of hydrogen-bond acceptors (Lipinski definition) is 3. The van der Waals surface area contributed by atoms with Crippen LogP contribution in [0.15, 0.2) is 28.9 Å². The lowest BCUT2D eigenvalue weighted by atomic mass is 10.3. The van der Waals surface area contributed by atoms with Gasteiger partial charge >= 0.3 is 0 Å². The molecule has 1 N–H and O–H groups in total. The van der Waals surface area contributed by atoms with Crippen LogP contribution >= 0.6 is 0 Å². The highest BCUT2D eigenvalue weighted by Crippen LogP contribution is 2.03. The van der Waals surface area contributed by atoms with Gasteiger partial charge in [0.25, 0.3) is 0 Å². The first kappa shape index (κ1) is 15.0. The SMILES string of the molecule is CCN(CC(=O)NC(C)C)C(=O)/C=C/c1ccco1. The molecule has 0 bridgehead atoms. The van der Waals surface area contributed by atoms with Crippen LogP contribution in [0, 0.1) is 0 Å². The van der Waals surface area contributed by atoms with E-state index in [0.29, 0.717) is 12.3 Å². The summed E-state index contributed by atoms with van der Waals surface area (Å²) in [5.74, 6) is 0.241. The first-order chi connectivity index (χ1) is 9.02. The van der Waals surface area contributed by atoms with Crippen molar-refractivity contribution in [3.63, 3.8) is 0 Å². The van der Waals surface area contributed by atoms with E-state index < -0.39 is 0 Å². The summed E-state index contributed by atoms with van der Waals surface area (Å²) in [4.78, 5) is 25.0. The van der Waals surface area contributed by atoms with E-state index in [1.54, 1.807) is 18.2 Å². The van der Waals surface area contributed by atoms with Crippen molar-refractivity contribution >= 4 is 17.9 Å². The first-order valence-electron chi connectivity index (χ1n) is 6.32. The van der Waals surface area contributed by atoms with Crippen molar-refractivity contribution in [3.8, 4) is 0 Å².